The van der Waals surface area contributed by atoms with Crippen LogP contribution in [0.15, 0.2) is 0 Å². The average molecular weight is 238 g/mol. The molecule has 17 heavy (non-hydrogen) atoms. The molecule has 0 aliphatic heterocycles. The minimum absolute atomic E-state index is 0.0198. The van der Waals surface area contributed by atoms with Gasteiger partial charge in [-0.1, -0.05) is 53.6 Å². The van der Waals surface area contributed by atoms with E-state index in [0.29, 0.717) is 18.3 Å². The van der Waals surface area contributed by atoms with Gasteiger partial charge in [-0.05, 0) is 23.2 Å². The Morgan fingerprint density at radius 3 is 2.29 bits per heavy atom. The molecule has 1 aliphatic carbocycles. The Balaban J connectivity index is 2.50. The molecule has 0 unspecified atom stereocenters. The molecule has 98 valence electrons. The van der Waals surface area contributed by atoms with Gasteiger partial charge in [0, 0.05) is 0 Å². The van der Waals surface area contributed by atoms with Crippen LogP contribution < -0.4 is 0 Å². The molecule has 0 bridgehead atoms. The first kappa shape index (κ1) is 14.6. The van der Waals surface area contributed by atoms with E-state index in [4.69, 9.17) is 5.11 Å². The van der Waals surface area contributed by atoms with Crippen LogP contribution in [0, 0.1) is 23.2 Å². The Morgan fingerprint density at radius 1 is 1.35 bits per heavy atom. The normalized spacial score (nSPS) is 36.4. The lowest BCUT2D eigenvalue weighted by Gasteiger charge is -2.58. The molecular weight excluding hydrogens is 211 g/mol. The molecule has 0 aromatic carbocycles. The monoisotopic (exact) mass is 238 g/mol. The summed E-state index contributed by atoms with van der Waals surface area (Å²) in [7, 11) is 0. The molecule has 3 heteroatoms. The first-order valence-electron chi connectivity index (χ1n) is 7.04. The highest BCUT2D eigenvalue weighted by Crippen LogP contribution is 2.59. The summed E-state index contributed by atoms with van der Waals surface area (Å²) in [4.78, 5) is 10.9. The maximum atomic E-state index is 10.9. The van der Waals surface area contributed by atoms with Gasteiger partial charge in [-0.2, -0.15) is 0 Å². The standard InChI is InChI=1S/C14H27BO2/c1-6-15(5)8-7-12-10(2)14(4,11(12)3)9-13(16)17/h10-12H,6-9H2,1-5H3,(H,16,17)/t10-,11-,12?,14?/m1/s1. The molecule has 0 saturated heterocycles. The van der Waals surface area contributed by atoms with Crippen molar-refractivity contribution >= 4 is 12.7 Å². The largest absolute Gasteiger partial charge is 0.481 e. The van der Waals surface area contributed by atoms with E-state index in [1.54, 1.807) is 0 Å². The highest BCUT2D eigenvalue weighted by molar-refractivity contribution is 6.57. The molecule has 0 heterocycles. The van der Waals surface area contributed by atoms with E-state index in [1.165, 1.54) is 19.1 Å². The topological polar surface area (TPSA) is 37.3 Å². The minimum Gasteiger partial charge on any atom is -0.481 e. The molecule has 1 N–H and O–H groups in total. The van der Waals surface area contributed by atoms with Crippen molar-refractivity contribution < 1.29 is 9.90 Å². The zero-order valence-corrected chi connectivity index (χ0v) is 12.0. The highest BCUT2D eigenvalue weighted by Gasteiger charge is 2.54. The molecule has 1 fully saturated rings. The summed E-state index contributed by atoms with van der Waals surface area (Å²) in [6.45, 7) is 12.0. The first-order valence-corrected chi connectivity index (χ1v) is 7.04. The number of carbonyl (C=O) groups is 1. The van der Waals surface area contributed by atoms with E-state index in [9.17, 15) is 4.79 Å². The van der Waals surface area contributed by atoms with Crippen LogP contribution in [0.4, 0.5) is 0 Å². The maximum absolute atomic E-state index is 10.9. The molecule has 1 saturated carbocycles. The number of rotatable bonds is 6. The van der Waals surface area contributed by atoms with Gasteiger partial charge in [0.15, 0.2) is 0 Å². The van der Waals surface area contributed by atoms with Crippen LogP contribution in [0.1, 0.15) is 40.5 Å². The average Bonchev–Trinajstić information content (AvgIpc) is 2.27. The molecular formula is C14H27BO2. The number of hydrogen-bond acceptors (Lipinski definition) is 1. The van der Waals surface area contributed by atoms with Crippen molar-refractivity contribution in [2.75, 3.05) is 0 Å². The minimum atomic E-state index is -0.647. The van der Waals surface area contributed by atoms with Crippen LogP contribution in [0.5, 0.6) is 0 Å². The molecule has 0 amide bonds. The van der Waals surface area contributed by atoms with Gasteiger partial charge in [-0.25, -0.2) is 0 Å². The van der Waals surface area contributed by atoms with Crippen molar-refractivity contribution in [3.63, 3.8) is 0 Å². The fraction of sp³-hybridized carbons (Fsp3) is 0.929. The second-order valence-electron chi connectivity index (χ2n) is 6.41. The zero-order valence-electron chi connectivity index (χ0n) is 12.0. The third-order valence-corrected chi connectivity index (χ3v) is 5.59. The summed E-state index contributed by atoms with van der Waals surface area (Å²) >= 11 is 0. The van der Waals surface area contributed by atoms with E-state index in [2.05, 4.69) is 34.5 Å². The van der Waals surface area contributed by atoms with Gasteiger partial charge in [-0.3, -0.25) is 4.79 Å². The van der Waals surface area contributed by atoms with Gasteiger partial charge in [0.05, 0.1) is 6.42 Å². The van der Waals surface area contributed by atoms with Gasteiger partial charge in [-0.15, -0.1) is 0 Å². The summed E-state index contributed by atoms with van der Waals surface area (Å²) in [5, 5.41) is 8.99. The Bertz CT molecular complexity index is 267. The Kier molecular flexibility index (Phi) is 4.68. The van der Waals surface area contributed by atoms with E-state index in [1.807, 2.05) is 0 Å². The lowest BCUT2D eigenvalue weighted by molar-refractivity contribution is -0.153. The number of hydrogen-bond donors (Lipinski definition) is 1. The second kappa shape index (κ2) is 5.45. The maximum Gasteiger partial charge on any atom is 0.303 e. The highest BCUT2D eigenvalue weighted by atomic mass is 16.4. The predicted octanol–water partition coefficient (Wildman–Crippen LogP) is 3.90. The predicted molar refractivity (Wildman–Crippen MR) is 73.7 cm³/mol. The van der Waals surface area contributed by atoms with Crippen molar-refractivity contribution in [3.8, 4) is 0 Å². The summed E-state index contributed by atoms with van der Waals surface area (Å²) < 4.78 is 0. The van der Waals surface area contributed by atoms with Crippen molar-refractivity contribution in [1.82, 2.24) is 0 Å². The van der Waals surface area contributed by atoms with Crippen LogP contribution in [0.3, 0.4) is 0 Å². The van der Waals surface area contributed by atoms with Gasteiger partial charge < -0.3 is 5.11 Å². The summed E-state index contributed by atoms with van der Waals surface area (Å²) in [6, 6.07) is 0. The Morgan fingerprint density at radius 2 is 1.88 bits per heavy atom. The van der Waals surface area contributed by atoms with Gasteiger partial charge >= 0.3 is 5.97 Å². The van der Waals surface area contributed by atoms with Crippen LogP contribution in [0.2, 0.25) is 19.5 Å². The fourth-order valence-electron chi connectivity index (χ4n) is 3.54. The van der Waals surface area contributed by atoms with E-state index in [-0.39, 0.29) is 5.41 Å². The zero-order chi connectivity index (χ0) is 13.2. The van der Waals surface area contributed by atoms with E-state index < -0.39 is 5.97 Å². The van der Waals surface area contributed by atoms with Crippen LogP contribution in [0.25, 0.3) is 0 Å². The van der Waals surface area contributed by atoms with Crippen LogP contribution in [-0.4, -0.2) is 17.8 Å². The second-order valence-corrected chi connectivity index (χ2v) is 6.41. The van der Waals surface area contributed by atoms with E-state index in [0.717, 1.165) is 12.6 Å². The summed E-state index contributed by atoms with van der Waals surface area (Å²) in [5.41, 5.74) is 0.0198. The molecule has 2 atom stereocenters. The lowest BCUT2D eigenvalue weighted by Crippen LogP contribution is -2.53. The SMILES string of the molecule is CCB(C)CCC1[C@@H](C)C(C)(CC(=O)O)[C@@H]1C. The quantitative estimate of drug-likeness (QED) is 0.712. The van der Waals surface area contributed by atoms with Crippen molar-refractivity contribution in [3.05, 3.63) is 0 Å². The molecule has 2 nitrogen and oxygen atoms in total. The molecule has 0 aromatic rings. The first-order chi connectivity index (χ1) is 7.82. The smallest absolute Gasteiger partial charge is 0.303 e. The summed E-state index contributed by atoms with van der Waals surface area (Å²) in [6.07, 6.45) is 4.14. The molecule has 0 aromatic heterocycles. The number of aliphatic carboxylic acids is 1. The molecule has 0 spiro atoms. The van der Waals surface area contributed by atoms with Gasteiger partial charge in [0.2, 0.25) is 0 Å². The Hall–Kier alpha value is -0.465. The lowest BCUT2D eigenvalue weighted by atomic mass is 9.42. The van der Waals surface area contributed by atoms with Crippen LogP contribution >= 0.6 is 0 Å². The molecule has 1 aliphatic rings. The van der Waals surface area contributed by atoms with Crippen molar-refractivity contribution in [2.24, 2.45) is 23.2 Å². The van der Waals surface area contributed by atoms with Gasteiger partial charge in [0.25, 0.3) is 0 Å². The third kappa shape index (κ3) is 2.86. The van der Waals surface area contributed by atoms with Crippen LogP contribution in [-0.2, 0) is 4.79 Å². The van der Waals surface area contributed by atoms with Crippen molar-refractivity contribution in [1.29, 1.82) is 0 Å². The molecule has 0 radical (unpaired) electrons. The fourth-order valence-corrected chi connectivity index (χ4v) is 3.54. The number of carboxylic acid groups (broad SMARTS) is 1. The number of carboxylic acids is 1. The van der Waals surface area contributed by atoms with E-state index >= 15 is 0 Å². The Labute approximate surface area is 106 Å². The van der Waals surface area contributed by atoms with Crippen molar-refractivity contribution in [2.45, 2.75) is 60.0 Å². The summed E-state index contributed by atoms with van der Waals surface area (Å²) in [5.74, 6) is 1.19. The molecule has 1 rings (SSSR count). The third-order valence-electron chi connectivity index (χ3n) is 5.59. The van der Waals surface area contributed by atoms with Gasteiger partial charge in [0.1, 0.15) is 6.71 Å².